The predicted octanol–water partition coefficient (Wildman–Crippen LogP) is 5.43. The molecule has 0 saturated carbocycles. The van der Waals surface area contributed by atoms with Crippen molar-refractivity contribution in [2.45, 2.75) is 38.3 Å². The SMILES string of the molecule is N#Cc1ccc(CN2CCC(NC(=O)c3cc4cc(NC(=O)C5CCN(c6ccc(C#N)cc6)CC5)ccc4o3)CC2)cc1. The van der Waals surface area contributed by atoms with Gasteiger partial charge in [0.05, 0.1) is 23.3 Å². The molecule has 9 heteroatoms. The van der Waals surface area contributed by atoms with E-state index in [1.165, 1.54) is 5.56 Å². The minimum Gasteiger partial charge on any atom is -0.451 e. The van der Waals surface area contributed by atoms with Crippen molar-refractivity contribution in [2.24, 2.45) is 5.92 Å². The van der Waals surface area contributed by atoms with E-state index in [4.69, 9.17) is 14.9 Å². The van der Waals surface area contributed by atoms with Gasteiger partial charge in [-0.15, -0.1) is 0 Å². The summed E-state index contributed by atoms with van der Waals surface area (Å²) in [4.78, 5) is 30.7. The third kappa shape index (κ3) is 6.75. The number of hydrogen-bond acceptors (Lipinski definition) is 7. The molecule has 0 spiro atoms. The Morgan fingerprint density at radius 2 is 1.48 bits per heavy atom. The minimum absolute atomic E-state index is 0.00388. The number of nitrogens with zero attached hydrogens (tertiary/aromatic N) is 4. The number of anilines is 2. The van der Waals surface area contributed by atoms with Crippen LogP contribution in [0.1, 0.15) is 52.9 Å². The second-order valence-corrected chi connectivity index (χ2v) is 11.6. The van der Waals surface area contributed by atoms with E-state index in [9.17, 15) is 9.59 Å². The Kier molecular flexibility index (Phi) is 8.58. The molecule has 2 aliphatic heterocycles. The van der Waals surface area contributed by atoms with Crippen LogP contribution >= 0.6 is 0 Å². The molecule has 0 aliphatic carbocycles. The van der Waals surface area contributed by atoms with Crippen molar-refractivity contribution in [3.05, 3.63) is 95.2 Å². The Morgan fingerprint density at radius 1 is 0.818 bits per heavy atom. The molecule has 4 aromatic rings. The molecular formula is C35H34N6O3. The Morgan fingerprint density at radius 3 is 2.14 bits per heavy atom. The summed E-state index contributed by atoms with van der Waals surface area (Å²) in [7, 11) is 0. The van der Waals surface area contributed by atoms with Gasteiger partial charge in [-0.3, -0.25) is 14.5 Å². The van der Waals surface area contributed by atoms with Gasteiger partial charge in [-0.25, -0.2) is 0 Å². The van der Waals surface area contributed by atoms with Crippen molar-refractivity contribution in [3.63, 3.8) is 0 Å². The molecule has 2 amide bonds. The highest BCUT2D eigenvalue weighted by molar-refractivity contribution is 5.98. The Balaban J connectivity index is 0.982. The lowest BCUT2D eigenvalue weighted by molar-refractivity contribution is -0.120. The third-order valence-corrected chi connectivity index (χ3v) is 8.65. The van der Waals surface area contributed by atoms with Crippen LogP contribution in [0.3, 0.4) is 0 Å². The van der Waals surface area contributed by atoms with Crippen LogP contribution in [-0.4, -0.2) is 48.9 Å². The molecule has 2 N–H and O–H groups in total. The largest absolute Gasteiger partial charge is 0.451 e. The Labute approximate surface area is 256 Å². The van der Waals surface area contributed by atoms with E-state index in [0.29, 0.717) is 22.4 Å². The second kappa shape index (κ2) is 13.0. The van der Waals surface area contributed by atoms with Gasteiger partial charge in [-0.1, -0.05) is 12.1 Å². The molecule has 222 valence electrons. The number of furan rings is 1. The number of rotatable bonds is 7. The average Bonchev–Trinajstić information content (AvgIpc) is 3.50. The topological polar surface area (TPSA) is 125 Å². The second-order valence-electron chi connectivity index (χ2n) is 11.6. The highest BCUT2D eigenvalue weighted by atomic mass is 16.3. The van der Waals surface area contributed by atoms with E-state index < -0.39 is 0 Å². The number of hydrogen-bond donors (Lipinski definition) is 2. The van der Waals surface area contributed by atoms with Crippen LogP contribution in [-0.2, 0) is 11.3 Å². The lowest BCUT2D eigenvalue weighted by Crippen LogP contribution is -2.44. The van der Waals surface area contributed by atoms with Crippen molar-refractivity contribution in [1.82, 2.24) is 10.2 Å². The summed E-state index contributed by atoms with van der Waals surface area (Å²) >= 11 is 0. The standard InChI is InChI=1S/C35H34N6O3/c36-21-24-1-3-26(4-2-24)23-40-15-13-29(14-16-40)38-35(43)33-20-28-19-30(7-10-32(28)44-33)39-34(42)27-11-17-41(18-12-27)31-8-5-25(22-37)6-9-31/h1-10,19-20,27,29H,11-18,23H2,(H,38,43)(H,39,42). The number of carbonyl (C=O) groups is 2. The van der Waals surface area contributed by atoms with E-state index in [1.54, 1.807) is 18.2 Å². The van der Waals surface area contributed by atoms with Gasteiger partial charge >= 0.3 is 0 Å². The molecule has 6 rings (SSSR count). The zero-order valence-corrected chi connectivity index (χ0v) is 24.5. The van der Waals surface area contributed by atoms with Crippen LogP contribution in [0.15, 0.2) is 77.2 Å². The first kappa shape index (κ1) is 29.0. The molecule has 0 bridgehead atoms. The molecule has 44 heavy (non-hydrogen) atoms. The predicted molar refractivity (Wildman–Crippen MR) is 168 cm³/mol. The van der Waals surface area contributed by atoms with Crippen LogP contribution in [0.2, 0.25) is 0 Å². The maximum atomic E-state index is 13.0. The number of nitrogens with one attached hydrogen (secondary N) is 2. The fourth-order valence-electron chi connectivity index (χ4n) is 6.06. The first-order valence-electron chi connectivity index (χ1n) is 15.1. The fourth-order valence-corrected chi connectivity index (χ4v) is 6.06. The lowest BCUT2D eigenvalue weighted by atomic mass is 9.95. The number of amides is 2. The van der Waals surface area contributed by atoms with Gasteiger partial charge in [-0.2, -0.15) is 10.5 Å². The average molecular weight is 587 g/mol. The van der Waals surface area contributed by atoms with Crippen LogP contribution in [0.5, 0.6) is 0 Å². The van der Waals surface area contributed by atoms with Crippen molar-refractivity contribution in [1.29, 1.82) is 10.5 Å². The number of carbonyl (C=O) groups excluding carboxylic acids is 2. The lowest BCUT2D eigenvalue weighted by Gasteiger charge is -2.33. The molecule has 0 radical (unpaired) electrons. The molecule has 3 heterocycles. The highest BCUT2D eigenvalue weighted by Crippen LogP contribution is 2.27. The summed E-state index contributed by atoms with van der Waals surface area (Å²) in [5.41, 5.74) is 4.82. The van der Waals surface area contributed by atoms with Gasteiger partial charge in [0.15, 0.2) is 5.76 Å². The molecule has 0 unspecified atom stereocenters. The number of benzene rings is 3. The smallest absolute Gasteiger partial charge is 0.287 e. The Hall–Kier alpha value is -5.12. The summed E-state index contributed by atoms with van der Waals surface area (Å²) < 4.78 is 5.85. The first-order chi connectivity index (χ1) is 21.5. The summed E-state index contributed by atoms with van der Waals surface area (Å²) in [6, 6.07) is 26.8. The van der Waals surface area contributed by atoms with Crippen molar-refractivity contribution >= 4 is 34.2 Å². The van der Waals surface area contributed by atoms with Crippen LogP contribution in [0.25, 0.3) is 11.0 Å². The normalized spacial score (nSPS) is 16.3. The van der Waals surface area contributed by atoms with Gasteiger partial charge in [0.2, 0.25) is 5.91 Å². The van der Waals surface area contributed by atoms with Crippen molar-refractivity contribution in [3.8, 4) is 12.1 Å². The molecular weight excluding hydrogens is 552 g/mol. The Bertz CT molecular complexity index is 1720. The van der Waals surface area contributed by atoms with Gasteiger partial charge in [0, 0.05) is 61.4 Å². The number of nitriles is 2. The molecule has 3 aromatic carbocycles. The van der Waals surface area contributed by atoms with Crippen molar-refractivity contribution < 1.29 is 14.0 Å². The number of fused-ring (bicyclic) bond motifs is 1. The molecule has 0 atom stereocenters. The van der Waals surface area contributed by atoms with Crippen LogP contribution in [0.4, 0.5) is 11.4 Å². The van der Waals surface area contributed by atoms with Gasteiger partial charge in [-0.05, 0) is 91.9 Å². The monoisotopic (exact) mass is 586 g/mol. The highest BCUT2D eigenvalue weighted by Gasteiger charge is 2.26. The van der Waals surface area contributed by atoms with Crippen LogP contribution < -0.4 is 15.5 Å². The molecule has 2 fully saturated rings. The van der Waals surface area contributed by atoms with Crippen LogP contribution in [0, 0.1) is 28.6 Å². The summed E-state index contributed by atoms with van der Waals surface area (Å²) in [6.07, 6.45) is 3.20. The van der Waals surface area contributed by atoms with Gasteiger partial charge in [0.25, 0.3) is 5.91 Å². The first-order valence-corrected chi connectivity index (χ1v) is 15.1. The van der Waals surface area contributed by atoms with E-state index in [2.05, 4.69) is 32.6 Å². The van der Waals surface area contributed by atoms with Crippen molar-refractivity contribution in [2.75, 3.05) is 36.4 Å². The molecule has 1 aromatic heterocycles. The summed E-state index contributed by atoms with van der Waals surface area (Å²) in [5.74, 6) is -0.0534. The third-order valence-electron chi connectivity index (χ3n) is 8.65. The van der Waals surface area contributed by atoms with Gasteiger partial charge < -0.3 is 20.0 Å². The number of likely N-dealkylation sites (tertiary alicyclic amines) is 1. The maximum absolute atomic E-state index is 13.0. The minimum atomic E-state index is -0.230. The maximum Gasteiger partial charge on any atom is 0.287 e. The summed E-state index contributed by atoms with van der Waals surface area (Å²) in [6.45, 7) is 4.14. The zero-order valence-electron chi connectivity index (χ0n) is 24.5. The summed E-state index contributed by atoms with van der Waals surface area (Å²) in [5, 5.41) is 24.9. The molecule has 2 saturated heterocycles. The fraction of sp³-hybridized carbons (Fsp3) is 0.314. The van der Waals surface area contributed by atoms with E-state index >= 15 is 0 Å². The quantitative estimate of drug-likeness (QED) is 0.296. The number of piperidine rings is 2. The molecule has 2 aliphatic rings. The zero-order chi connectivity index (χ0) is 30.5. The molecule has 9 nitrogen and oxygen atoms in total. The van der Waals surface area contributed by atoms with E-state index in [1.807, 2.05) is 54.6 Å². The van der Waals surface area contributed by atoms with E-state index in [-0.39, 0.29) is 29.5 Å². The van der Waals surface area contributed by atoms with E-state index in [0.717, 1.165) is 69.5 Å². The van der Waals surface area contributed by atoms with Gasteiger partial charge in [0.1, 0.15) is 5.58 Å².